The van der Waals surface area contributed by atoms with E-state index in [0.29, 0.717) is 31.1 Å². The number of nitrogens with one attached hydrogen (secondary N) is 2. The van der Waals surface area contributed by atoms with Crippen molar-refractivity contribution < 1.29 is 9.59 Å². The number of urea groups is 1. The summed E-state index contributed by atoms with van der Waals surface area (Å²) in [6.45, 7) is 8.40. The molecule has 0 atom stereocenters. The lowest BCUT2D eigenvalue weighted by Gasteiger charge is -2.32. The fraction of sp³-hybridized carbons (Fsp3) is 0.579. The second kappa shape index (κ2) is 8.71. The molecule has 0 saturated carbocycles. The van der Waals surface area contributed by atoms with Crippen LogP contribution in [0.4, 0.5) is 4.79 Å². The quantitative estimate of drug-likeness (QED) is 0.871. The Balaban J connectivity index is 1.80. The third kappa shape index (κ3) is 4.98. The molecular formula is C19H29N3O2. The Bertz CT molecular complexity index is 546. The van der Waals surface area contributed by atoms with Crippen LogP contribution in [0.2, 0.25) is 0 Å². The highest BCUT2D eigenvalue weighted by atomic mass is 16.2. The average molecular weight is 331 g/mol. The van der Waals surface area contributed by atoms with Crippen molar-refractivity contribution in [2.24, 2.45) is 0 Å². The van der Waals surface area contributed by atoms with Gasteiger partial charge in [0.2, 0.25) is 0 Å². The highest BCUT2D eigenvalue weighted by Gasteiger charge is 2.23. The summed E-state index contributed by atoms with van der Waals surface area (Å²) in [5, 5.41) is 5.99. The molecule has 1 aliphatic heterocycles. The van der Waals surface area contributed by atoms with Gasteiger partial charge >= 0.3 is 6.03 Å². The number of rotatable bonds is 5. The molecule has 132 valence electrons. The lowest BCUT2D eigenvalue weighted by Crippen LogP contribution is -2.49. The van der Waals surface area contributed by atoms with Crippen molar-refractivity contribution in [2.75, 3.05) is 19.6 Å². The third-order valence-electron chi connectivity index (χ3n) is 4.48. The monoisotopic (exact) mass is 331 g/mol. The normalized spacial score (nSPS) is 15.4. The molecule has 0 radical (unpaired) electrons. The molecule has 2 N–H and O–H groups in total. The van der Waals surface area contributed by atoms with E-state index in [1.165, 1.54) is 5.56 Å². The molecule has 1 fully saturated rings. The molecule has 1 aromatic carbocycles. The number of likely N-dealkylation sites (tertiary alicyclic amines) is 1. The number of carbonyl (C=O) groups excluding carboxylic acids is 2. The SMILES string of the molecule is CCCNC(=O)N1CCC(NC(=O)c2ccc(C(C)C)cc2)CC1. The molecule has 24 heavy (non-hydrogen) atoms. The van der Waals surface area contributed by atoms with E-state index in [9.17, 15) is 9.59 Å². The van der Waals surface area contributed by atoms with Crippen LogP contribution in [0.1, 0.15) is 61.9 Å². The number of carbonyl (C=O) groups is 2. The van der Waals surface area contributed by atoms with Crippen LogP contribution in [-0.2, 0) is 0 Å². The van der Waals surface area contributed by atoms with Crippen molar-refractivity contribution in [3.63, 3.8) is 0 Å². The number of nitrogens with zero attached hydrogens (tertiary/aromatic N) is 1. The number of hydrogen-bond donors (Lipinski definition) is 2. The Labute approximate surface area is 144 Å². The Morgan fingerprint density at radius 2 is 1.79 bits per heavy atom. The number of hydrogen-bond acceptors (Lipinski definition) is 2. The van der Waals surface area contributed by atoms with Gasteiger partial charge in [0.05, 0.1) is 0 Å². The summed E-state index contributed by atoms with van der Waals surface area (Å²) in [5.74, 6) is 0.435. The fourth-order valence-electron chi connectivity index (χ4n) is 2.86. The van der Waals surface area contributed by atoms with Crippen molar-refractivity contribution in [1.82, 2.24) is 15.5 Å². The highest BCUT2D eigenvalue weighted by molar-refractivity contribution is 5.94. The molecule has 0 bridgehead atoms. The number of benzene rings is 1. The van der Waals surface area contributed by atoms with Crippen LogP contribution < -0.4 is 10.6 Å². The molecular weight excluding hydrogens is 302 g/mol. The minimum absolute atomic E-state index is 0.00546. The lowest BCUT2D eigenvalue weighted by atomic mass is 10.0. The largest absolute Gasteiger partial charge is 0.349 e. The van der Waals surface area contributed by atoms with Crippen molar-refractivity contribution in [3.05, 3.63) is 35.4 Å². The summed E-state index contributed by atoms with van der Waals surface area (Å²) in [7, 11) is 0. The maximum absolute atomic E-state index is 12.3. The Morgan fingerprint density at radius 3 is 2.33 bits per heavy atom. The van der Waals surface area contributed by atoms with Crippen LogP contribution in [0.5, 0.6) is 0 Å². The van der Waals surface area contributed by atoms with Gasteiger partial charge in [-0.2, -0.15) is 0 Å². The van der Waals surface area contributed by atoms with E-state index in [2.05, 4.69) is 24.5 Å². The molecule has 0 aromatic heterocycles. The first kappa shape index (κ1) is 18.3. The van der Waals surface area contributed by atoms with Gasteiger partial charge in [-0.3, -0.25) is 4.79 Å². The van der Waals surface area contributed by atoms with E-state index in [0.717, 1.165) is 19.3 Å². The molecule has 0 spiro atoms. The molecule has 1 aliphatic rings. The van der Waals surface area contributed by atoms with E-state index in [4.69, 9.17) is 0 Å². The molecule has 0 aliphatic carbocycles. The summed E-state index contributed by atoms with van der Waals surface area (Å²) in [4.78, 5) is 26.1. The molecule has 1 heterocycles. The van der Waals surface area contributed by atoms with E-state index < -0.39 is 0 Å². The average Bonchev–Trinajstić information content (AvgIpc) is 2.60. The second-order valence-electron chi connectivity index (χ2n) is 6.74. The van der Waals surface area contributed by atoms with Crippen LogP contribution in [0.25, 0.3) is 0 Å². The van der Waals surface area contributed by atoms with Crippen LogP contribution in [-0.4, -0.2) is 42.5 Å². The van der Waals surface area contributed by atoms with Gasteiger partial charge in [-0.1, -0.05) is 32.9 Å². The van der Waals surface area contributed by atoms with Crippen molar-refractivity contribution in [2.45, 2.75) is 52.0 Å². The minimum Gasteiger partial charge on any atom is -0.349 e. The zero-order valence-electron chi connectivity index (χ0n) is 15.0. The van der Waals surface area contributed by atoms with Gasteiger partial charge in [0.25, 0.3) is 5.91 Å². The Morgan fingerprint density at radius 1 is 1.17 bits per heavy atom. The van der Waals surface area contributed by atoms with Crippen LogP contribution in [0.3, 0.4) is 0 Å². The summed E-state index contributed by atoms with van der Waals surface area (Å²) < 4.78 is 0. The molecule has 0 unspecified atom stereocenters. The number of amides is 3. The van der Waals surface area contributed by atoms with Gasteiger partial charge in [0.15, 0.2) is 0 Å². The predicted octanol–water partition coefficient (Wildman–Crippen LogP) is 3.12. The highest BCUT2D eigenvalue weighted by Crippen LogP contribution is 2.16. The van der Waals surface area contributed by atoms with Crippen molar-refractivity contribution >= 4 is 11.9 Å². The van der Waals surface area contributed by atoms with Crippen molar-refractivity contribution in [1.29, 1.82) is 0 Å². The Kier molecular flexibility index (Phi) is 6.64. The van der Waals surface area contributed by atoms with Crippen molar-refractivity contribution in [3.8, 4) is 0 Å². The van der Waals surface area contributed by atoms with E-state index in [-0.39, 0.29) is 18.0 Å². The van der Waals surface area contributed by atoms with E-state index >= 15 is 0 Å². The topological polar surface area (TPSA) is 61.4 Å². The van der Waals surface area contributed by atoms with Gasteiger partial charge in [-0.05, 0) is 42.9 Å². The summed E-state index contributed by atoms with van der Waals surface area (Å²) in [6, 6.07) is 7.94. The molecule has 5 heteroatoms. The standard InChI is InChI=1S/C19H29N3O2/c1-4-11-20-19(24)22-12-9-17(10-13-22)21-18(23)16-7-5-15(6-8-16)14(2)3/h5-8,14,17H,4,9-13H2,1-3H3,(H,20,24)(H,21,23). The maximum atomic E-state index is 12.3. The smallest absolute Gasteiger partial charge is 0.317 e. The lowest BCUT2D eigenvalue weighted by molar-refractivity contribution is 0.0918. The van der Waals surface area contributed by atoms with Gasteiger partial charge in [-0.15, -0.1) is 0 Å². The second-order valence-corrected chi connectivity index (χ2v) is 6.74. The van der Waals surface area contributed by atoms with Gasteiger partial charge in [0, 0.05) is 31.2 Å². The van der Waals surface area contributed by atoms with Crippen LogP contribution in [0, 0.1) is 0 Å². The Hall–Kier alpha value is -2.04. The van der Waals surface area contributed by atoms with Gasteiger partial charge in [0.1, 0.15) is 0 Å². The van der Waals surface area contributed by atoms with E-state index in [1.54, 1.807) is 0 Å². The molecule has 2 rings (SSSR count). The predicted molar refractivity (Wildman–Crippen MR) is 96.3 cm³/mol. The van der Waals surface area contributed by atoms with Crippen LogP contribution >= 0.6 is 0 Å². The zero-order valence-corrected chi connectivity index (χ0v) is 15.0. The van der Waals surface area contributed by atoms with Gasteiger partial charge < -0.3 is 15.5 Å². The van der Waals surface area contributed by atoms with E-state index in [1.807, 2.05) is 36.1 Å². The zero-order chi connectivity index (χ0) is 17.5. The van der Waals surface area contributed by atoms with Gasteiger partial charge in [-0.25, -0.2) is 4.79 Å². The number of piperidine rings is 1. The molecule has 5 nitrogen and oxygen atoms in total. The fourth-order valence-corrected chi connectivity index (χ4v) is 2.86. The first-order valence-electron chi connectivity index (χ1n) is 8.94. The maximum Gasteiger partial charge on any atom is 0.317 e. The first-order valence-corrected chi connectivity index (χ1v) is 8.94. The molecule has 3 amide bonds. The van der Waals surface area contributed by atoms with Crippen LogP contribution in [0.15, 0.2) is 24.3 Å². The third-order valence-corrected chi connectivity index (χ3v) is 4.48. The first-order chi connectivity index (χ1) is 11.5. The summed E-state index contributed by atoms with van der Waals surface area (Å²) in [5.41, 5.74) is 1.93. The minimum atomic E-state index is -0.0285. The molecule has 1 saturated heterocycles. The molecule has 1 aromatic rings. The summed E-state index contributed by atoms with van der Waals surface area (Å²) >= 11 is 0. The summed E-state index contributed by atoms with van der Waals surface area (Å²) in [6.07, 6.45) is 2.54.